The largest absolute Gasteiger partial charge is 0.421 e. The van der Waals surface area contributed by atoms with Crippen molar-refractivity contribution in [2.24, 2.45) is 0 Å². The lowest BCUT2D eigenvalue weighted by Gasteiger charge is -2.09. The molecule has 0 bridgehead atoms. The normalized spacial score (nSPS) is 10.6. The highest BCUT2D eigenvalue weighted by Gasteiger charge is 2.11. The lowest BCUT2D eigenvalue weighted by molar-refractivity contribution is 0.102. The van der Waals surface area contributed by atoms with Crippen molar-refractivity contribution in [2.45, 2.75) is 13.8 Å². The highest BCUT2D eigenvalue weighted by Crippen LogP contribution is 2.24. The van der Waals surface area contributed by atoms with E-state index in [9.17, 15) is 4.79 Å². The van der Waals surface area contributed by atoms with Crippen molar-refractivity contribution in [1.29, 1.82) is 0 Å². The number of hydrogen-bond acceptors (Lipinski definition) is 4. The van der Waals surface area contributed by atoms with Crippen LogP contribution in [0, 0.1) is 13.8 Å². The Balaban J connectivity index is 1.79. The Kier molecular flexibility index (Phi) is 4.12. The van der Waals surface area contributed by atoms with E-state index in [4.69, 9.17) is 16.0 Å². The molecule has 0 unspecified atom stereocenters. The molecule has 0 aliphatic carbocycles. The first-order valence-corrected chi connectivity index (χ1v) is 7.39. The maximum Gasteiger partial charge on any atom is 0.255 e. The van der Waals surface area contributed by atoms with Gasteiger partial charge in [-0.05, 0) is 48.9 Å². The molecule has 0 radical (unpaired) electrons. The first kappa shape index (κ1) is 15.2. The molecule has 0 atom stereocenters. The molecule has 3 rings (SSSR count). The Labute approximate surface area is 138 Å². The third kappa shape index (κ3) is 3.24. The Hall–Kier alpha value is -2.66. The van der Waals surface area contributed by atoms with Crippen LogP contribution >= 0.6 is 11.6 Å². The van der Waals surface area contributed by atoms with E-state index in [1.54, 1.807) is 43.3 Å². The molecule has 1 heterocycles. The SMILES string of the molecule is Cc1nnc(-c2ccc(C(=O)Nc3cccc(Cl)c3C)cc2)o1. The molecule has 0 fully saturated rings. The maximum absolute atomic E-state index is 12.3. The van der Waals surface area contributed by atoms with Crippen LogP contribution in [0.4, 0.5) is 5.69 Å². The molecule has 5 nitrogen and oxygen atoms in total. The second kappa shape index (κ2) is 6.22. The minimum Gasteiger partial charge on any atom is -0.421 e. The van der Waals surface area contributed by atoms with Crippen molar-refractivity contribution in [3.05, 3.63) is 64.5 Å². The summed E-state index contributed by atoms with van der Waals surface area (Å²) < 4.78 is 5.36. The summed E-state index contributed by atoms with van der Waals surface area (Å²) in [4.78, 5) is 12.3. The van der Waals surface area contributed by atoms with Gasteiger partial charge in [-0.3, -0.25) is 4.79 Å². The molecule has 3 aromatic rings. The first-order valence-electron chi connectivity index (χ1n) is 7.01. The summed E-state index contributed by atoms with van der Waals surface area (Å²) in [6.45, 7) is 3.59. The lowest BCUT2D eigenvalue weighted by Crippen LogP contribution is -2.12. The van der Waals surface area contributed by atoms with Crippen LogP contribution in [0.2, 0.25) is 5.02 Å². The third-order valence-electron chi connectivity index (χ3n) is 3.44. The van der Waals surface area contributed by atoms with Crippen molar-refractivity contribution in [3.63, 3.8) is 0 Å². The van der Waals surface area contributed by atoms with E-state index in [1.807, 2.05) is 13.0 Å². The quantitative estimate of drug-likeness (QED) is 0.780. The summed E-state index contributed by atoms with van der Waals surface area (Å²) in [6.07, 6.45) is 0. The van der Waals surface area contributed by atoms with E-state index in [0.717, 1.165) is 11.1 Å². The van der Waals surface area contributed by atoms with Gasteiger partial charge in [-0.2, -0.15) is 0 Å². The van der Waals surface area contributed by atoms with Crippen molar-refractivity contribution >= 4 is 23.2 Å². The van der Waals surface area contributed by atoms with E-state index >= 15 is 0 Å². The van der Waals surface area contributed by atoms with E-state index in [-0.39, 0.29) is 5.91 Å². The predicted molar refractivity (Wildman–Crippen MR) is 88.6 cm³/mol. The average molecular weight is 328 g/mol. The molecular formula is C17H14ClN3O2. The van der Waals surface area contributed by atoms with Gasteiger partial charge in [0.1, 0.15) is 0 Å². The summed E-state index contributed by atoms with van der Waals surface area (Å²) in [7, 11) is 0. The lowest BCUT2D eigenvalue weighted by atomic mass is 10.1. The van der Waals surface area contributed by atoms with E-state index < -0.39 is 0 Å². The standard InChI is InChI=1S/C17H14ClN3O2/c1-10-14(18)4-3-5-15(10)19-16(22)12-6-8-13(9-7-12)17-21-20-11(2)23-17/h3-9H,1-2H3,(H,19,22). The predicted octanol–water partition coefficient (Wildman–Crippen LogP) is 4.26. The average Bonchev–Trinajstić information content (AvgIpc) is 2.98. The highest BCUT2D eigenvalue weighted by atomic mass is 35.5. The summed E-state index contributed by atoms with van der Waals surface area (Å²) in [5.74, 6) is 0.724. The number of aryl methyl sites for hydroxylation is 1. The van der Waals surface area contributed by atoms with Gasteiger partial charge in [-0.15, -0.1) is 10.2 Å². The topological polar surface area (TPSA) is 68.0 Å². The van der Waals surface area contributed by atoms with Crippen LogP contribution in [0.15, 0.2) is 46.9 Å². The van der Waals surface area contributed by atoms with E-state index in [1.165, 1.54) is 0 Å². The first-order chi connectivity index (χ1) is 11.0. The fraction of sp³-hybridized carbons (Fsp3) is 0.118. The smallest absolute Gasteiger partial charge is 0.255 e. The van der Waals surface area contributed by atoms with Crippen LogP contribution in [0.3, 0.4) is 0 Å². The number of halogens is 1. The minimum absolute atomic E-state index is 0.205. The molecule has 1 N–H and O–H groups in total. The third-order valence-corrected chi connectivity index (χ3v) is 3.85. The molecule has 23 heavy (non-hydrogen) atoms. The minimum atomic E-state index is -0.205. The van der Waals surface area contributed by atoms with Crippen LogP contribution in [0.1, 0.15) is 21.8 Å². The molecule has 0 saturated heterocycles. The Morgan fingerprint density at radius 2 is 1.83 bits per heavy atom. The molecule has 0 aliphatic heterocycles. The van der Waals surface area contributed by atoms with Crippen LogP contribution in [0.25, 0.3) is 11.5 Å². The highest BCUT2D eigenvalue weighted by molar-refractivity contribution is 6.31. The molecule has 1 aromatic heterocycles. The zero-order valence-electron chi connectivity index (χ0n) is 12.6. The number of carbonyl (C=O) groups is 1. The van der Waals surface area contributed by atoms with Gasteiger partial charge in [0, 0.05) is 28.8 Å². The van der Waals surface area contributed by atoms with Gasteiger partial charge in [-0.1, -0.05) is 17.7 Å². The number of benzene rings is 2. The van der Waals surface area contributed by atoms with E-state index in [2.05, 4.69) is 15.5 Å². The van der Waals surface area contributed by atoms with E-state index in [0.29, 0.717) is 28.1 Å². The Morgan fingerprint density at radius 1 is 1.09 bits per heavy atom. The summed E-state index contributed by atoms with van der Waals surface area (Å²) in [6, 6.07) is 12.4. The van der Waals surface area contributed by atoms with Gasteiger partial charge in [0.05, 0.1) is 0 Å². The number of anilines is 1. The number of carbonyl (C=O) groups excluding carboxylic acids is 1. The van der Waals surface area contributed by atoms with Gasteiger partial charge >= 0.3 is 0 Å². The van der Waals surface area contributed by atoms with Gasteiger partial charge in [-0.25, -0.2) is 0 Å². The van der Waals surface area contributed by atoms with Crippen molar-refractivity contribution in [1.82, 2.24) is 10.2 Å². The second-order valence-corrected chi connectivity index (χ2v) is 5.48. The fourth-order valence-corrected chi connectivity index (χ4v) is 2.29. The van der Waals surface area contributed by atoms with Gasteiger partial charge in [0.15, 0.2) is 0 Å². The number of hydrogen-bond donors (Lipinski definition) is 1. The van der Waals surface area contributed by atoms with Crippen LogP contribution in [-0.2, 0) is 0 Å². The van der Waals surface area contributed by atoms with Gasteiger partial charge < -0.3 is 9.73 Å². The zero-order valence-corrected chi connectivity index (χ0v) is 13.4. The maximum atomic E-state index is 12.3. The second-order valence-electron chi connectivity index (χ2n) is 5.07. The molecule has 0 spiro atoms. The van der Waals surface area contributed by atoms with Gasteiger partial charge in [0.25, 0.3) is 5.91 Å². The summed E-state index contributed by atoms with van der Waals surface area (Å²) in [5.41, 5.74) is 2.82. The number of rotatable bonds is 3. The summed E-state index contributed by atoms with van der Waals surface area (Å²) in [5, 5.41) is 11.2. The van der Waals surface area contributed by atoms with Crippen LogP contribution in [0.5, 0.6) is 0 Å². The fourth-order valence-electron chi connectivity index (χ4n) is 2.11. The molecule has 2 aromatic carbocycles. The van der Waals surface area contributed by atoms with Crippen LogP contribution in [-0.4, -0.2) is 16.1 Å². The number of aromatic nitrogens is 2. The number of amides is 1. The zero-order chi connectivity index (χ0) is 16.4. The van der Waals surface area contributed by atoms with Crippen molar-refractivity contribution in [3.8, 4) is 11.5 Å². The molecule has 6 heteroatoms. The molecule has 0 saturated carbocycles. The summed E-state index contributed by atoms with van der Waals surface area (Å²) >= 11 is 6.06. The molecular weight excluding hydrogens is 314 g/mol. The molecule has 116 valence electrons. The molecule has 0 aliphatic rings. The van der Waals surface area contributed by atoms with Crippen molar-refractivity contribution in [2.75, 3.05) is 5.32 Å². The van der Waals surface area contributed by atoms with Gasteiger partial charge in [0.2, 0.25) is 11.8 Å². The monoisotopic (exact) mass is 327 g/mol. The van der Waals surface area contributed by atoms with Crippen LogP contribution < -0.4 is 5.32 Å². The van der Waals surface area contributed by atoms with Crippen molar-refractivity contribution < 1.29 is 9.21 Å². The number of nitrogens with zero attached hydrogens (tertiary/aromatic N) is 2. The Bertz CT molecular complexity index is 857. The number of nitrogens with one attached hydrogen (secondary N) is 1. The Morgan fingerprint density at radius 3 is 2.48 bits per heavy atom. The molecule has 1 amide bonds.